The molecule has 0 saturated heterocycles. The van der Waals surface area contributed by atoms with Gasteiger partial charge in [-0.05, 0) is 43.3 Å². The highest BCUT2D eigenvalue weighted by molar-refractivity contribution is 6.01. The molecule has 0 radical (unpaired) electrons. The van der Waals surface area contributed by atoms with E-state index in [2.05, 4.69) is 22.9 Å². The Bertz CT molecular complexity index is 499. The molecule has 2 rings (SSSR count). The Hall–Kier alpha value is -1.88. The number of nitrogens with one attached hydrogen (secondary N) is 3. The lowest BCUT2D eigenvalue weighted by Crippen LogP contribution is -2.32. The topological polar surface area (TPSA) is 70.2 Å². The molecule has 0 bridgehead atoms. The summed E-state index contributed by atoms with van der Waals surface area (Å²) in [7, 11) is 1.89. The van der Waals surface area contributed by atoms with Gasteiger partial charge in [-0.2, -0.15) is 0 Å². The predicted octanol–water partition coefficient (Wildman–Crippen LogP) is 0.766. The molecule has 0 fully saturated rings. The molecule has 0 aromatic heterocycles. The van der Waals surface area contributed by atoms with Crippen LogP contribution in [0.25, 0.3) is 0 Å². The predicted molar refractivity (Wildman–Crippen MR) is 74.2 cm³/mol. The van der Waals surface area contributed by atoms with Crippen molar-refractivity contribution in [2.24, 2.45) is 5.92 Å². The van der Waals surface area contributed by atoms with Gasteiger partial charge >= 0.3 is 0 Å². The number of carbonyl (C=O) groups is 2. The third kappa shape index (κ3) is 3.32. The molecule has 102 valence electrons. The van der Waals surface area contributed by atoms with Gasteiger partial charge in [-0.25, -0.2) is 0 Å². The number of hydrogen-bond acceptors (Lipinski definition) is 3. The molecular formula is C14H19N3O2. The maximum Gasteiger partial charge on any atom is 0.251 e. The fourth-order valence-electron chi connectivity index (χ4n) is 2.16. The van der Waals surface area contributed by atoms with E-state index >= 15 is 0 Å². The first kappa shape index (κ1) is 13.5. The molecule has 1 unspecified atom stereocenters. The number of hydrogen-bond donors (Lipinski definition) is 3. The number of amides is 2. The Morgan fingerprint density at radius 3 is 2.95 bits per heavy atom. The molecule has 19 heavy (non-hydrogen) atoms. The van der Waals surface area contributed by atoms with Gasteiger partial charge in [-0.1, -0.05) is 6.92 Å². The summed E-state index contributed by atoms with van der Waals surface area (Å²) in [4.78, 5) is 23.2. The molecule has 1 heterocycles. The van der Waals surface area contributed by atoms with Crippen molar-refractivity contribution in [2.75, 3.05) is 25.5 Å². The van der Waals surface area contributed by atoms with Gasteiger partial charge in [0.05, 0.1) is 6.42 Å². The second-order valence-electron chi connectivity index (χ2n) is 4.97. The minimum absolute atomic E-state index is 0.0183. The first-order valence-electron chi connectivity index (χ1n) is 6.45. The van der Waals surface area contributed by atoms with Crippen LogP contribution in [0.4, 0.5) is 5.69 Å². The number of rotatable bonds is 5. The van der Waals surface area contributed by atoms with Crippen molar-refractivity contribution >= 4 is 17.5 Å². The zero-order valence-electron chi connectivity index (χ0n) is 11.2. The van der Waals surface area contributed by atoms with Crippen LogP contribution < -0.4 is 16.0 Å². The maximum absolute atomic E-state index is 12.0. The standard InChI is InChI=1S/C14H19N3O2/c1-9(7-15-2)8-16-14(19)10-3-4-12-11(5-10)6-13(18)17-12/h3-5,9,15H,6-8H2,1-2H3,(H,16,19)(H,17,18). The van der Waals surface area contributed by atoms with E-state index in [0.717, 1.165) is 17.8 Å². The van der Waals surface area contributed by atoms with Crippen molar-refractivity contribution < 1.29 is 9.59 Å². The lowest BCUT2D eigenvalue weighted by molar-refractivity contribution is -0.115. The summed E-state index contributed by atoms with van der Waals surface area (Å²) < 4.78 is 0. The van der Waals surface area contributed by atoms with E-state index in [4.69, 9.17) is 0 Å². The summed E-state index contributed by atoms with van der Waals surface area (Å²) >= 11 is 0. The van der Waals surface area contributed by atoms with Gasteiger partial charge in [0.1, 0.15) is 0 Å². The van der Waals surface area contributed by atoms with Crippen molar-refractivity contribution in [3.63, 3.8) is 0 Å². The van der Waals surface area contributed by atoms with Crippen molar-refractivity contribution in [3.05, 3.63) is 29.3 Å². The van der Waals surface area contributed by atoms with Crippen LogP contribution >= 0.6 is 0 Å². The Labute approximate surface area is 112 Å². The molecule has 1 atom stereocenters. The number of benzene rings is 1. The summed E-state index contributed by atoms with van der Waals surface area (Å²) in [5, 5.41) is 8.73. The van der Waals surface area contributed by atoms with E-state index in [1.807, 2.05) is 7.05 Å². The molecule has 1 aromatic carbocycles. The maximum atomic E-state index is 12.0. The van der Waals surface area contributed by atoms with E-state index in [1.54, 1.807) is 18.2 Å². The Balaban J connectivity index is 1.97. The zero-order valence-corrected chi connectivity index (χ0v) is 11.2. The van der Waals surface area contributed by atoms with Gasteiger partial charge in [-0.3, -0.25) is 9.59 Å². The van der Waals surface area contributed by atoms with Gasteiger partial charge in [0.15, 0.2) is 0 Å². The third-order valence-corrected chi connectivity index (χ3v) is 3.16. The van der Waals surface area contributed by atoms with E-state index in [1.165, 1.54) is 0 Å². The van der Waals surface area contributed by atoms with Gasteiger partial charge in [0.25, 0.3) is 5.91 Å². The van der Waals surface area contributed by atoms with Gasteiger partial charge < -0.3 is 16.0 Å². The van der Waals surface area contributed by atoms with Crippen LogP contribution in [0, 0.1) is 5.92 Å². The first-order chi connectivity index (χ1) is 9.10. The highest BCUT2D eigenvalue weighted by Crippen LogP contribution is 2.23. The van der Waals surface area contributed by atoms with Crippen LogP contribution in [0.15, 0.2) is 18.2 Å². The van der Waals surface area contributed by atoms with E-state index < -0.39 is 0 Å². The highest BCUT2D eigenvalue weighted by atomic mass is 16.2. The fraction of sp³-hybridized carbons (Fsp3) is 0.429. The zero-order chi connectivity index (χ0) is 13.8. The van der Waals surface area contributed by atoms with Crippen LogP contribution in [-0.2, 0) is 11.2 Å². The summed E-state index contributed by atoms with van der Waals surface area (Å²) in [6.45, 7) is 3.57. The molecular weight excluding hydrogens is 242 g/mol. The van der Waals surface area contributed by atoms with E-state index in [-0.39, 0.29) is 11.8 Å². The van der Waals surface area contributed by atoms with Gasteiger partial charge in [0.2, 0.25) is 5.91 Å². The molecule has 2 amide bonds. The fourth-order valence-corrected chi connectivity index (χ4v) is 2.16. The van der Waals surface area contributed by atoms with Crippen LogP contribution in [0.3, 0.4) is 0 Å². The second kappa shape index (κ2) is 5.84. The van der Waals surface area contributed by atoms with E-state index in [0.29, 0.717) is 24.4 Å². The van der Waals surface area contributed by atoms with Crippen LogP contribution in [-0.4, -0.2) is 32.0 Å². The van der Waals surface area contributed by atoms with Crippen molar-refractivity contribution in [3.8, 4) is 0 Å². The average molecular weight is 261 g/mol. The summed E-state index contributed by atoms with van der Waals surface area (Å²) in [6, 6.07) is 5.31. The van der Waals surface area contributed by atoms with E-state index in [9.17, 15) is 9.59 Å². The highest BCUT2D eigenvalue weighted by Gasteiger charge is 2.19. The van der Waals surface area contributed by atoms with Crippen molar-refractivity contribution in [1.29, 1.82) is 0 Å². The minimum Gasteiger partial charge on any atom is -0.352 e. The monoisotopic (exact) mass is 261 g/mol. The number of carbonyl (C=O) groups excluding carboxylic acids is 2. The molecule has 1 aromatic rings. The lowest BCUT2D eigenvalue weighted by Gasteiger charge is -2.12. The van der Waals surface area contributed by atoms with Crippen molar-refractivity contribution in [2.45, 2.75) is 13.3 Å². The largest absolute Gasteiger partial charge is 0.352 e. The Morgan fingerprint density at radius 1 is 1.42 bits per heavy atom. The molecule has 1 aliphatic heterocycles. The molecule has 0 aliphatic carbocycles. The normalized spacial score (nSPS) is 14.7. The lowest BCUT2D eigenvalue weighted by atomic mass is 10.1. The molecule has 0 spiro atoms. The van der Waals surface area contributed by atoms with Gasteiger partial charge in [-0.15, -0.1) is 0 Å². The summed E-state index contributed by atoms with van der Waals surface area (Å²) in [5.41, 5.74) is 2.30. The molecule has 1 aliphatic rings. The van der Waals surface area contributed by atoms with Crippen LogP contribution in [0.2, 0.25) is 0 Å². The third-order valence-electron chi connectivity index (χ3n) is 3.16. The minimum atomic E-state index is -0.0925. The summed E-state index contributed by atoms with van der Waals surface area (Å²) in [6.07, 6.45) is 0.354. The number of anilines is 1. The second-order valence-corrected chi connectivity index (χ2v) is 4.97. The molecule has 0 saturated carbocycles. The van der Waals surface area contributed by atoms with Gasteiger partial charge in [0, 0.05) is 17.8 Å². The molecule has 5 nitrogen and oxygen atoms in total. The SMILES string of the molecule is CNCC(C)CNC(=O)c1ccc2c(c1)CC(=O)N2. The molecule has 5 heteroatoms. The summed E-state index contributed by atoms with van der Waals surface area (Å²) in [5.74, 6) is 0.270. The van der Waals surface area contributed by atoms with Crippen LogP contribution in [0.5, 0.6) is 0 Å². The van der Waals surface area contributed by atoms with Crippen LogP contribution in [0.1, 0.15) is 22.8 Å². The average Bonchev–Trinajstić information content (AvgIpc) is 2.75. The number of fused-ring (bicyclic) bond motifs is 1. The molecule has 3 N–H and O–H groups in total. The quantitative estimate of drug-likeness (QED) is 0.733. The van der Waals surface area contributed by atoms with Crippen molar-refractivity contribution in [1.82, 2.24) is 10.6 Å². The first-order valence-corrected chi connectivity index (χ1v) is 6.45. The Morgan fingerprint density at radius 2 is 2.21 bits per heavy atom. The Kier molecular flexibility index (Phi) is 4.16. The smallest absolute Gasteiger partial charge is 0.251 e.